The third kappa shape index (κ3) is 6.20. The molecule has 0 saturated carbocycles. The predicted molar refractivity (Wildman–Crippen MR) is 167 cm³/mol. The molecule has 49 heavy (non-hydrogen) atoms. The van der Waals surface area contributed by atoms with E-state index < -0.39 is 104 Å². The smallest absolute Gasteiger partial charge is 0.350 e. The number of nitrogens with one attached hydrogen (secondary N) is 2. The van der Waals surface area contributed by atoms with Crippen LogP contribution in [0.25, 0.3) is 0 Å². The number of phenolic OH excluding ortho intramolecular Hbond substituents is 2. The molecule has 3 aliphatic heterocycles. The molecule has 0 aliphatic carbocycles. The molecule has 0 spiro atoms. The zero-order valence-corrected chi connectivity index (χ0v) is 27.5. The molecular formula is C26H25ClN8O12S2. The van der Waals surface area contributed by atoms with Gasteiger partial charge in [0.15, 0.2) is 22.3 Å². The van der Waals surface area contributed by atoms with Gasteiger partial charge >= 0.3 is 23.8 Å². The van der Waals surface area contributed by atoms with E-state index in [9.17, 15) is 54.0 Å². The molecule has 23 heteroatoms. The number of rotatable bonds is 10. The number of β-lactam (4-membered cyclic amide) rings is 1. The maximum absolute atomic E-state index is 13.8. The van der Waals surface area contributed by atoms with Crippen LogP contribution in [0.15, 0.2) is 22.7 Å². The zero-order chi connectivity index (χ0) is 36.2. The first-order valence-corrected chi connectivity index (χ1v) is 15.9. The normalized spacial score (nSPS) is 22.4. The Hall–Kier alpha value is -5.35. The number of carbonyl (C=O) groups excluding carboxylic acids is 5. The number of hydrogen-bond donors (Lipinski definition) is 7. The number of hydrazine groups is 1. The third-order valence-corrected chi connectivity index (χ3v) is 10.1. The number of aliphatic carboxylic acids is 2. The molecule has 0 bridgehead atoms. The number of amides is 5. The topological polar surface area (TPSA) is 295 Å². The number of carboxylic acid groups (broad SMARTS) is 2. The number of aromatic nitrogens is 1. The second-order valence-electron chi connectivity index (χ2n) is 11.1. The van der Waals surface area contributed by atoms with Gasteiger partial charge < -0.3 is 41.2 Å². The Morgan fingerprint density at radius 1 is 1.16 bits per heavy atom. The Morgan fingerprint density at radius 2 is 1.86 bits per heavy atom. The molecule has 5 amide bonds. The summed E-state index contributed by atoms with van der Waals surface area (Å²) >= 11 is 7.55. The van der Waals surface area contributed by atoms with Gasteiger partial charge in [-0.05, 0) is 26.0 Å². The highest BCUT2D eigenvalue weighted by Crippen LogP contribution is 2.49. The molecular weight excluding hydrogens is 716 g/mol. The second-order valence-corrected chi connectivity index (χ2v) is 13.8. The molecule has 3 saturated heterocycles. The lowest BCUT2D eigenvalue weighted by Crippen LogP contribution is -2.74. The zero-order valence-electron chi connectivity index (χ0n) is 25.1. The van der Waals surface area contributed by atoms with Crippen LogP contribution in [0.1, 0.15) is 36.3 Å². The minimum absolute atomic E-state index is 0.0257. The van der Waals surface area contributed by atoms with Gasteiger partial charge in [0.1, 0.15) is 11.9 Å². The van der Waals surface area contributed by atoms with Crippen molar-refractivity contribution in [3.63, 3.8) is 0 Å². The maximum Gasteiger partial charge on any atom is 0.350 e. The molecule has 5 rings (SSSR count). The van der Waals surface area contributed by atoms with Crippen molar-refractivity contribution in [2.24, 2.45) is 5.16 Å². The molecule has 3 aliphatic rings. The second kappa shape index (κ2) is 12.6. The lowest BCUT2D eigenvalue weighted by molar-refractivity contribution is -0.172. The summed E-state index contributed by atoms with van der Waals surface area (Å²) in [5.74, 6) is -10.3. The molecule has 260 valence electrons. The third-order valence-electron chi connectivity index (χ3n) is 7.50. The van der Waals surface area contributed by atoms with Crippen LogP contribution in [0.5, 0.6) is 11.5 Å². The van der Waals surface area contributed by atoms with Gasteiger partial charge in [-0.2, -0.15) is 0 Å². The van der Waals surface area contributed by atoms with Crippen LogP contribution in [0.4, 0.5) is 5.13 Å². The van der Waals surface area contributed by atoms with E-state index in [0.717, 1.165) is 37.3 Å². The number of fused-ring (bicyclic) bond motifs is 1. The summed E-state index contributed by atoms with van der Waals surface area (Å²) in [4.78, 5) is 99.4. The van der Waals surface area contributed by atoms with E-state index in [1.54, 1.807) is 0 Å². The highest BCUT2D eigenvalue weighted by molar-refractivity contribution is 8.02. The number of nitrogens with two attached hydrogens (primary N) is 1. The van der Waals surface area contributed by atoms with Crippen molar-refractivity contribution in [1.29, 1.82) is 0 Å². The van der Waals surface area contributed by atoms with Crippen LogP contribution >= 0.6 is 34.7 Å². The van der Waals surface area contributed by atoms with Crippen molar-refractivity contribution in [1.82, 2.24) is 30.5 Å². The lowest BCUT2D eigenvalue weighted by Gasteiger charge is -2.46. The molecule has 2 unspecified atom stereocenters. The fourth-order valence-corrected chi connectivity index (χ4v) is 7.25. The van der Waals surface area contributed by atoms with Gasteiger partial charge in [0, 0.05) is 5.38 Å². The number of carboxylic acids is 2. The van der Waals surface area contributed by atoms with E-state index in [4.69, 9.17) is 22.2 Å². The SMILES string of the molecule is CC(C)(O/N=C(\C(=O)N[C@H]1CN(NC(=O)c2ccc(O)c(O)c2Cl)C(=O)C(=O)N1C1(C(=O)O)CN2C(=O)CC2S1)c1csc(N)n1)C(=O)O. The van der Waals surface area contributed by atoms with Crippen molar-refractivity contribution in [2.75, 3.05) is 18.8 Å². The molecule has 8 N–H and O–H groups in total. The predicted octanol–water partition coefficient (Wildman–Crippen LogP) is -1.08. The van der Waals surface area contributed by atoms with Gasteiger partial charge in [-0.15, -0.1) is 11.3 Å². The summed E-state index contributed by atoms with van der Waals surface area (Å²) in [6.07, 6.45) is -1.82. The Kier molecular flexibility index (Phi) is 8.99. The standard InChI is InChI=1S/C26H25ClN8O12S2/c1-25(2,22(43)44)47-32-16(10-7-48-24(28)29-10)19(40)30-12-6-34(31-18(39)9-3-4-11(36)17(38)15(9)27)20(41)21(42)35(12)26(23(45)46)8-33-13(37)5-14(33)49-26/h3-4,7,12,14,36,38H,5-6,8H2,1-2H3,(H2,28,29)(H,30,40)(H,31,39)(H,43,44)(H,45,46)/b32-16-/t12-,14?,26?/m1/s1. The highest BCUT2D eigenvalue weighted by Gasteiger charge is 2.64. The van der Waals surface area contributed by atoms with Crippen LogP contribution in [-0.4, -0.2) is 123 Å². The van der Waals surface area contributed by atoms with Crippen molar-refractivity contribution in [3.8, 4) is 11.5 Å². The summed E-state index contributed by atoms with van der Waals surface area (Å²) in [5, 5.41) is 46.0. The number of thiazole rings is 1. The molecule has 1 aromatic heterocycles. The first kappa shape index (κ1) is 35.0. The summed E-state index contributed by atoms with van der Waals surface area (Å²) in [5.41, 5.74) is 4.59. The molecule has 20 nitrogen and oxygen atoms in total. The van der Waals surface area contributed by atoms with E-state index in [1.165, 1.54) is 10.3 Å². The Morgan fingerprint density at radius 3 is 2.43 bits per heavy atom. The number of piperazine rings is 1. The van der Waals surface area contributed by atoms with Gasteiger partial charge in [0.05, 0.1) is 35.5 Å². The Bertz CT molecular complexity index is 1850. The van der Waals surface area contributed by atoms with E-state index in [0.29, 0.717) is 21.7 Å². The molecule has 3 fully saturated rings. The van der Waals surface area contributed by atoms with Crippen LogP contribution in [0, 0.1) is 0 Å². The summed E-state index contributed by atoms with van der Waals surface area (Å²) in [7, 11) is 0. The molecule has 0 radical (unpaired) electrons. The van der Waals surface area contributed by atoms with E-state index in [-0.39, 0.29) is 17.2 Å². The number of nitrogens with zero attached hydrogens (tertiary/aromatic N) is 5. The van der Waals surface area contributed by atoms with Crippen LogP contribution in [0.3, 0.4) is 0 Å². The number of carbonyl (C=O) groups is 7. The van der Waals surface area contributed by atoms with Crippen LogP contribution < -0.4 is 16.5 Å². The first-order valence-electron chi connectivity index (χ1n) is 13.8. The number of aromatic hydroxyl groups is 2. The number of phenols is 2. The summed E-state index contributed by atoms with van der Waals surface area (Å²) in [6.45, 7) is 0.912. The fraction of sp³-hybridized carbons (Fsp3) is 0.346. The minimum Gasteiger partial charge on any atom is -0.504 e. The van der Waals surface area contributed by atoms with E-state index in [2.05, 4.69) is 20.9 Å². The van der Waals surface area contributed by atoms with Gasteiger partial charge in [-0.1, -0.05) is 28.5 Å². The fourth-order valence-electron chi connectivity index (χ4n) is 4.82. The van der Waals surface area contributed by atoms with Gasteiger partial charge in [-0.25, -0.2) is 19.6 Å². The number of benzene rings is 1. The van der Waals surface area contributed by atoms with Crippen molar-refractivity contribution >= 4 is 87.0 Å². The maximum atomic E-state index is 13.8. The number of nitrogen functional groups attached to an aromatic ring is 1. The molecule has 2 aromatic rings. The lowest BCUT2D eigenvalue weighted by atomic mass is 10.1. The molecule has 4 heterocycles. The van der Waals surface area contributed by atoms with E-state index >= 15 is 0 Å². The number of halogens is 1. The average Bonchev–Trinajstić information content (AvgIpc) is 3.59. The van der Waals surface area contributed by atoms with Crippen LogP contribution in [0.2, 0.25) is 5.02 Å². The van der Waals surface area contributed by atoms with Crippen molar-refractivity contribution in [3.05, 3.63) is 33.8 Å². The van der Waals surface area contributed by atoms with Crippen LogP contribution in [-0.2, 0) is 33.6 Å². The minimum atomic E-state index is -2.30. The quantitative estimate of drug-likeness (QED) is 0.0501. The van der Waals surface area contributed by atoms with Crippen molar-refractivity contribution < 1.29 is 58.8 Å². The first-order chi connectivity index (χ1) is 22.9. The van der Waals surface area contributed by atoms with Gasteiger partial charge in [0.25, 0.3) is 11.8 Å². The largest absolute Gasteiger partial charge is 0.504 e. The monoisotopic (exact) mass is 740 g/mol. The number of hydrogen-bond acceptors (Lipinski definition) is 15. The molecule has 3 atom stereocenters. The number of thioether (sulfide) groups is 1. The van der Waals surface area contributed by atoms with Crippen molar-refractivity contribution in [2.45, 2.75) is 42.3 Å². The Balaban J connectivity index is 1.53. The highest BCUT2D eigenvalue weighted by atomic mass is 35.5. The molecule has 1 aromatic carbocycles. The van der Waals surface area contributed by atoms with Gasteiger partial charge in [-0.3, -0.25) is 34.3 Å². The van der Waals surface area contributed by atoms with Gasteiger partial charge in [0.2, 0.25) is 16.4 Å². The summed E-state index contributed by atoms with van der Waals surface area (Å²) < 4.78 is 0. The van der Waals surface area contributed by atoms with E-state index in [1.807, 2.05) is 0 Å². The average molecular weight is 741 g/mol. The number of anilines is 1. The number of oxime groups is 1. The summed E-state index contributed by atoms with van der Waals surface area (Å²) in [6, 6.07) is 1.94. The Labute approximate surface area is 287 Å².